The van der Waals surface area contributed by atoms with E-state index in [0.717, 1.165) is 0 Å². The molecule has 0 spiro atoms. The number of carbonyl (C=O) groups is 2. The Morgan fingerprint density at radius 3 is 2.12 bits per heavy atom. The molecule has 0 bridgehead atoms. The van der Waals surface area contributed by atoms with Crippen LogP contribution in [0.4, 0.5) is 0 Å². The number of benzene rings is 1. The number of hydrogen-bond acceptors (Lipinski definition) is 3. The highest BCUT2D eigenvalue weighted by atomic mass is 32.2. The summed E-state index contributed by atoms with van der Waals surface area (Å²) in [7, 11) is 0. The number of fused-ring (bicyclic) bond motifs is 1. The fourth-order valence-electron chi connectivity index (χ4n) is 1.74. The molecule has 1 unspecified atom stereocenters. The summed E-state index contributed by atoms with van der Waals surface area (Å²) in [4.78, 5) is 25.2. The van der Waals surface area contributed by atoms with Crippen molar-refractivity contribution in [2.24, 2.45) is 0 Å². The zero-order valence-electron chi connectivity index (χ0n) is 9.27. The summed E-state index contributed by atoms with van der Waals surface area (Å²) in [5.74, 6) is -0.331. The molecule has 0 radical (unpaired) electrons. The molecule has 2 rings (SSSR count). The minimum absolute atomic E-state index is 0.165. The predicted molar refractivity (Wildman–Crippen MR) is 64.8 cm³/mol. The molecule has 1 aliphatic rings. The van der Waals surface area contributed by atoms with Crippen molar-refractivity contribution < 1.29 is 9.59 Å². The summed E-state index contributed by atoms with van der Waals surface area (Å²) in [5, 5.41) is 0.266. The molecular weight excluding hydrogens is 222 g/mol. The molecule has 3 nitrogen and oxygen atoms in total. The van der Waals surface area contributed by atoms with Gasteiger partial charge in [0, 0.05) is 11.8 Å². The molecule has 4 heteroatoms. The van der Waals surface area contributed by atoms with Gasteiger partial charge in [0.1, 0.15) is 0 Å². The first kappa shape index (κ1) is 11.2. The monoisotopic (exact) mass is 235 g/mol. The second kappa shape index (κ2) is 4.29. The van der Waals surface area contributed by atoms with Crippen LogP contribution in [0.2, 0.25) is 0 Å². The first-order chi connectivity index (χ1) is 7.65. The Morgan fingerprint density at radius 2 is 1.69 bits per heavy atom. The molecule has 2 amide bonds. The van der Waals surface area contributed by atoms with Crippen LogP contribution in [-0.4, -0.2) is 34.8 Å². The van der Waals surface area contributed by atoms with Crippen molar-refractivity contribution in [1.82, 2.24) is 4.90 Å². The van der Waals surface area contributed by atoms with Crippen LogP contribution < -0.4 is 0 Å². The van der Waals surface area contributed by atoms with E-state index in [0.29, 0.717) is 17.7 Å². The Labute approximate surface area is 98.8 Å². The van der Waals surface area contributed by atoms with Crippen LogP contribution in [0, 0.1) is 0 Å². The van der Waals surface area contributed by atoms with Crippen molar-refractivity contribution in [3.63, 3.8) is 0 Å². The second-order valence-electron chi connectivity index (χ2n) is 3.81. The van der Waals surface area contributed by atoms with Crippen LogP contribution in [0.5, 0.6) is 0 Å². The lowest BCUT2D eigenvalue weighted by molar-refractivity contribution is 0.0656. The smallest absolute Gasteiger partial charge is 0.261 e. The average molecular weight is 235 g/mol. The number of nitrogens with zero attached hydrogens (tertiary/aromatic N) is 1. The lowest BCUT2D eigenvalue weighted by atomic mass is 10.1. The van der Waals surface area contributed by atoms with Gasteiger partial charge >= 0.3 is 0 Å². The summed E-state index contributed by atoms with van der Waals surface area (Å²) in [6.45, 7) is 2.49. The Hall–Kier alpha value is -1.29. The summed E-state index contributed by atoms with van der Waals surface area (Å²) in [6, 6.07) is 6.98. The average Bonchev–Trinajstić information content (AvgIpc) is 2.55. The summed E-state index contributed by atoms with van der Waals surface area (Å²) in [5.41, 5.74) is 1.06. The molecule has 1 aliphatic heterocycles. The van der Waals surface area contributed by atoms with E-state index in [1.165, 1.54) is 4.90 Å². The third kappa shape index (κ3) is 1.73. The van der Waals surface area contributed by atoms with E-state index in [2.05, 4.69) is 0 Å². The van der Waals surface area contributed by atoms with Crippen molar-refractivity contribution in [2.45, 2.75) is 12.2 Å². The maximum absolute atomic E-state index is 12.0. The van der Waals surface area contributed by atoms with Crippen LogP contribution in [-0.2, 0) is 0 Å². The Kier molecular flexibility index (Phi) is 3.01. The number of thioether (sulfide) groups is 1. The third-order valence-electron chi connectivity index (χ3n) is 2.72. The molecule has 0 saturated heterocycles. The van der Waals surface area contributed by atoms with Crippen LogP contribution in [0.25, 0.3) is 0 Å². The van der Waals surface area contributed by atoms with E-state index in [1.807, 2.05) is 13.2 Å². The molecular formula is C12H13NO2S. The topological polar surface area (TPSA) is 37.4 Å². The Bertz CT molecular complexity index is 409. The van der Waals surface area contributed by atoms with E-state index < -0.39 is 0 Å². The summed E-state index contributed by atoms with van der Waals surface area (Å²) in [6.07, 6.45) is 1.98. The highest BCUT2D eigenvalue weighted by molar-refractivity contribution is 7.99. The summed E-state index contributed by atoms with van der Waals surface area (Å²) < 4.78 is 0. The third-order valence-corrected chi connectivity index (χ3v) is 3.67. The van der Waals surface area contributed by atoms with Crippen molar-refractivity contribution >= 4 is 23.6 Å². The highest BCUT2D eigenvalue weighted by Crippen LogP contribution is 2.23. The van der Waals surface area contributed by atoms with Gasteiger partial charge in [-0.25, -0.2) is 0 Å². The molecule has 0 saturated carbocycles. The van der Waals surface area contributed by atoms with Gasteiger partial charge in [0.15, 0.2) is 0 Å². The van der Waals surface area contributed by atoms with Gasteiger partial charge < -0.3 is 0 Å². The highest BCUT2D eigenvalue weighted by Gasteiger charge is 2.35. The number of hydrogen-bond donors (Lipinski definition) is 0. The molecule has 0 N–H and O–H groups in total. The van der Waals surface area contributed by atoms with Crippen LogP contribution in [0.1, 0.15) is 27.6 Å². The van der Waals surface area contributed by atoms with Gasteiger partial charge in [0.2, 0.25) is 0 Å². The quantitative estimate of drug-likeness (QED) is 0.752. The molecule has 1 aromatic carbocycles. The SMILES string of the molecule is CSC(C)CN1C(=O)c2ccccc2C1=O. The molecule has 1 atom stereocenters. The Balaban J connectivity index is 2.28. The lowest BCUT2D eigenvalue weighted by Crippen LogP contribution is -2.34. The zero-order chi connectivity index (χ0) is 11.7. The molecule has 1 heterocycles. The zero-order valence-corrected chi connectivity index (χ0v) is 10.1. The number of imide groups is 1. The van der Waals surface area contributed by atoms with Gasteiger partial charge in [-0.2, -0.15) is 11.8 Å². The van der Waals surface area contributed by atoms with Gasteiger partial charge in [-0.15, -0.1) is 0 Å². The fraction of sp³-hybridized carbons (Fsp3) is 0.333. The largest absolute Gasteiger partial charge is 0.273 e. The van der Waals surface area contributed by atoms with Crippen molar-refractivity contribution in [3.8, 4) is 0 Å². The minimum atomic E-state index is -0.165. The summed E-state index contributed by atoms with van der Waals surface area (Å²) >= 11 is 1.65. The van der Waals surface area contributed by atoms with Crippen LogP contribution in [0.3, 0.4) is 0 Å². The predicted octanol–water partition coefficient (Wildman–Crippen LogP) is 2.03. The first-order valence-electron chi connectivity index (χ1n) is 5.13. The Morgan fingerprint density at radius 1 is 1.19 bits per heavy atom. The van der Waals surface area contributed by atoms with E-state index in [1.54, 1.807) is 36.0 Å². The van der Waals surface area contributed by atoms with E-state index in [4.69, 9.17) is 0 Å². The van der Waals surface area contributed by atoms with Crippen LogP contribution in [0.15, 0.2) is 24.3 Å². The molecule has 84 valence electrons. The lowest BCUT2D eigenvalue weighted by Gasteiger charge is -2.17. The van der Waals surface area contributed by atoms with Crippen molar-refractivity contribution in [1.29, 1.82) is 0 Å². The van der Waals surface area contributed by atoms with E-state index in [9.17, 15) is 9.59 Å². The first-order valence-corrected chi connectivity index (χ1v) is 6.42. The van der Waals surface area contributed by atoms with Gasteiger partial charge in [0.25, 0.3) is 11.8 Å². The van der Waals surface area contributed by atoms with Gasteiger partial charge in [-0.3, -0.25) is 14.5 Å². The maximum Gasteiger partial charge on any atom is 0.261 e. The molecule has 16 heavy (non-hydrogen) atoms. The van der Waals surface area contributed by atoms with E-state index in [-0.39, 0.29) is 17.1 Å². The van der Waals surface area contributed by atoms with Gasteiger partial charge in [-0.05, 0) is 18.4 Å². The number of amides is 2. The number of rotatable bonds is 3. The number of carbonyl (C=O) groups excluding carboxylic acids is 2. The van der Waals surface area contributed by atoms with Crippen molar-refractivity contribution in [3.05, 3.63) is 35.4 Å². The molecule has 0 aromatic heterocycles. The molecule has 0 fully saturated rings. The van der Waals surface area contributed by atoms with E-state index >= 15 is 0 Å². The molecule has 0 aliphatic carbocycles. The van der Waals surface area contributed by atoms with Gasteiger partial charge in [0.05, 0.1) is 11.1 Å². The molecule has 1 aromatic rings. The second-order valence-corrected chi connectivity index (χ2v) is 5.09. The van der Waals surface area contributed by atoms with Crippen molar-refractivity contribution in [2.75, 3.05) is 12.8 Å². The standard InChI is InChI=1S/C12H13NO2S/c1-8(16-2)7-13-11(14)9-5-3-4-6-10(9)12(13)15/h3-6,8H,7H2,1-2H3. The maximum atomic E-state index is 12.0. The minimum Gasteiger partial charge on any atom is -0.273 e. The fourth-order valence-corrected chi connectivity index (χ4v) is 2.03. The normalized spacial score (nSPS) is 16.5. The van der Waals surface area contributed by atoms with Crippen LogP contribution >= 0.6 is 11.8 Å². The van der Waals surface area contributed by atoms with Gasteiger partial charge in [-0.1, -0.05) is 19.1 Å².